The molecule has 0 aromatic heterocycles. The number of aliphatic hydroxyl groups is 1. The fraction of sp³-hybridized carbons (Fsp3) is 0.562. The maximum Gasteiger partial charge on any atom is 0.410 e. The summed E-state index contributed by atoms with van der Waals surface area (Å²) in [5.74, 6) is 0. The van der Waals surface area contributed by atoms with E-state index in [-0.39, 0.29) is 6.04 Å². The van der Waals surface area contributed by atoms with Gasteiger partial charge in [0.1, 0.15) is 11.7 Å². The van der Waals surface area contributed by atoms with E-state index in [4.69, 9.17) is 4.74 Å². The lowest BCUT2D eigenvalue weighted by molar-refractivity contribution is 0.000691. The van der Waals surface area contributed by atoms with Gasteiger partial charge in [-0.15, -0.1) is 0 Å². The summed E-state index contributed by atoms with van der Waals surface area (Å²) in [5.41, 5.74) is 0.210. The Labute approximate surface area is 135 Å². The predicted molar refractivity (Wildman–Crippen MR) is 87.2 cm³/mol. The molecule has 1 rings (SSSR count). The zero-order valence-corrected chi connectivity index (χ0v) is 14.8. The highest BCUT2D eigenvalue weighted by Gasteiger charge is 2.30. The largest absolute Gasteiger partial charge is 0.444 e. The molecule has 0 saturated heterocycles. The monoisotopic (exact) mass is 357 g/mol. The van der Waals surface area contributed by atoms with Gasteiger partial charge in [-0.3, -0.25) is 0 Å². The average molecular weight is 358 g/mol. The molecular weight excluding hydrogens is 334 g/mol. The number of rotatable bonds is 4. The van der Waals surface area contributed by atoms with Crippen molar-refractivity contribution in [3.05, 3.63) is 34.3 Å². The van der Waals surface area contributed by atoms with Crippen molar-refractivity contribution in [2.75, 3.05) is 7.05 Å². The molecule has 4 nitrogen and oxygen atoms in total. The molecule has 0 heterocycles. The van der Waals surface area contributed by atoms with Crippen molar-refractivity contribution >= 4 is 22.0 Å². The quantitative estimate of drug-likeness (QED) is 0.881. The SMILES string of the molecule is CCC(C(O)c1ccccc1Br)N(C)C(=O)OC(C)(C)C. The van der Waals surface area contributed by atoms with E-state index >= 15 is 0 Å². The van der Waals surface area contributed by atoms with Gasteiger partial charge >= 0.3 is 6.09 Å². The summed E-state index contributed by atoms with van der Waals surface area (Å²) < 4.78 is 6.19. The summed E-state index contributed by atoms with van der Waals surface area (Å²) in [7, 11) is 1.66. The van der Waals surface area contributed by atoms with Crippen molar-refractivity contribution in [1.82, 2.24) is 4.90 Å². The highest BCUT2D eigenvalue weighted by atomic mass is 79.9. The number of aliphatic hydroxyl groups excluding tert-OH is 1. The predicted octanol–water partition coefficient (Wildman–Crippen LogP) is 4.13. The molecule has 0 radical (unpaired) electrons. The third kappa shape index (κ3) is 5.00. The second-order valence-corrected chi connectivity index (χ2v) is 6.89. The Kier molecular flexibility index (Phi) is 6.23. The van der Waals surface area contributed by atoms with Crippen LogP contribution in [-0.4, -0.2) is 34.8 Å². The van der Waals surface area contributed by atoms with Crippen LogP contribution in [0.5, 0.6) is 0 Å². The fourth-order valence-electron chi connectivity index (χ4n) is 2.10. The van der Waals surface area contributed by atoms with Crippen LogP contribution >= 0.6 is 15.9 Å². The first-order valence-electron chi connectivity index (χ1n) is 7.05. The smallest absolute Gasteiger partial charge is 0.410 e. The molecule has 0 spiro atoms. The van der Waals surface area contributed by atoms with Gasteiger partial charge in [0.05, 0.1) is 6.04 Å². The molecule has 0 aliphatic carbocycles. The number of carbonyl (C=O) groups is 1. The molecule has 1 N–H and O–H groups in total. The Balaban J connectivity index is 2.92. The minimum atomic E-state index is -0.775. The van der Waals surface area contributed by atoms with Crippen LogP contribution in [-0.2, 0) is 4.74 Å². The van der Waals surface area contributed by atoms with Crippen LogP contribution in [0.1, 0.15) is 45.8 Å². The number of carbonyl (C=O) groups excluding carboxylic acids is 1. The number of likely N-dealkylation sites (N-methyl/N-ethyl adjacent to an activating group) is 1. The highest BCUT2D eigenvalue weighted by Crippen LogP contribution is 2.29. The van der Waals surface area contributed by atoms with E-state index in [1.54, 1.807) is 7.05 Å². The van der Waals surface area contributed by atoms with E-state index in [1.165, 1.54) is 4.90 Å². The Morgan fingerprint density at radius 3 is 2.43 bits per heavy atom. The van der Waals surface area contributed by atoms with Crippen molar-refractivity contribution in [3.63, 3.8) is 0 Å². The van der Waals surface area contributed by atoms with Crippen LogP contribution in [0.15, 0.2) is 28.7 Å². The second kappa shape index (κ2) is 7.27. The fourth-order valence-corrected chi connectivity index (χ4v) is 2.62. The van der Waals surface area contributed by atoms with E-state index in [9.17, 15) is 9.90 Å². The third-order valence-corrected chi connectivity index (χ3v) is 3.91. The Morgan fingerprint density at radius 1 is 1.38 bits per heavy atom. The van der Waals surface area contributed by atoms with E-state index in [0.717, 1.165) is 10.0 Å². The number of ether oxygens (including phenoxy) is 1. The highest BCUT2D eigenvalue weighted by molar-refractivity contribution is 9.10. The van der Waals surface area contributed by atoms with Crippen LogP contribution in [0.2, 0.25) is 0 Å². The molecule has 0 aliphatic heterocycles. The summed E-state index contributed by atoms with van der Waals surface area (Å²) in [4.78, 5) is 13.6. The van der Waals surface area contributed by atoms with Gasteiger partial charge in [0.2, 0.25) is 0 Å². The molecule has 0 aliphatic rings. The summed E-state index contributed by atoms with van der Waals surface area (Å²) >= 11 is 3.43. The Hall–Kier alpha value is -1.07. The van der Waals surface area contributed by atoms with Crippen LogP contribution in [0.4, 0.5) is 4.79 Å². The number of amides is 1. The van der Waals surface area contributed by atoms with E-state index in [2.05, 4.69) is 15.9 Å². The van der Waals surface area contributed by atoms with Gasteiger partial charge in [0.25, 0.3) is 0 Å². The molecule has 1 aromatic carbocycles. The van der Waals surface area contributed by atoms with Gasteiger partial charge in [0.15, 0.2) is 0 Å². The standard InChI is InChI=1S/C16H24BrNO3/c1-6-13(18(5)15(20)21-16(2,3)4)14(19)11-9-7-8-10-12(11)17/h7-10,13-14,19H,6H2,1-5H3. The lowest BCUT2D eigenvalue weighted by Gasteiger charge is -2.33. The lowest BCUT2D eigenvalue weighted by atomic mass is 9.99. The van der Waals surface area contributed by atoms with Crippen molar-refractivity contribution in [3.8, 4) is 0 Å². The van der Waals surface area contributed by atoms with Crippen molar-refractivity contribution in [1.29, 1.82) is 0 Å². The first kappa shape index (κ1) is 18.0. The summed E-state index contributed by atoms with van der Waals surface area (Å²) in [6.45, 7) is 7.41. The van der Waals surface area contributed by atoms with Gasteiger partial charge < -0.3 is 14.7 Å². The van der Waals surface area contributed by atoms with Gasteiger partial charge in [-0.1, -0.05) is 41.1 Å². The van der Waals surface area contributed by atoms with Gasteiger partial charge in [-0.2, -0.15) is 0 Å². The molecule has 21 heavy (non-hydrogen) atoms. The first-order chi connectivity index (χ1) is 9.67. The molecular formula is C16H24BrNO3. The van der Waals surface area contributed by atoms with Crippen LogP contribution in [0.3, 0.4) is 0 Å². The zero-order valence-electron chi connectivity index (χ0n) is 13.3. The van der Waals surface area contributed by atoms with Gasteiger partial charge in [-0.05, 0) is 38.8 Å². The number of benzene rings is 1. The Bertz CT molecular complexity index is 485. The molecule has 1 aromatic rings. The minimum Gasteiger partial charge on any atom is -0.444 e. The Morgan fingerprint density at radius 2 is 1.95 bits per heavy atom. The van der Waals surface area contributed by atoms with E-state index in [0.29, 0.717) is 6.42 Å². The molecule has 0 fully saturated rings. The van der Waals surface area contributed by atoms with Gasteiger partial charge in [-0.25, -0.2) is 4.79 Å². The number of hydrogen-bond acceptors (Lipinski definition) is 3. The number of hydrogen-bond donors (Lipinski definition) is 1. The molecule has 0 saturated carbocycles. The molecule has 118 valence electrons. The number of halogens is 1. The van der Waals surface area contributed by atoms with E-state index < -0.39 is 17.8 Å². The van der Waals surface area contributed by atoms with Crippen LogP contribution in [0.25, 0.3) is 0 Å². The van der Waals surface area contributed by atoms with Crippen molar-refractivity contribution in [2.24, 2.45) is 0 Å². The number of nitrogens with zero attached hydrogens (tertiary/aromatic N) is 1. The zero-order chi connectivity index (χ0) is 16.2. The second-order valence-electron chi connectivity index (χ2n) is 6.03. The van der Waals surface area contributed by atoms with Crippen LogP contribution in [0, 0.1) is 0 Å². The molecule has 5 heteroatoms. The van der Waals surface area contributed by atoms with Crippen LogP contribution < -0.4 is 0 Å². The molecule has 1 amide bonds. The third-order valence-electron chi connectivity index (χ3n) is 3.19. The minimum absolute atomic E-state index is 0.349. The molecule has 0 bridgehead atoms. The maximum absolute atomic E-state index is 12.2. The summed E-state index contributed by atoms with van der Waals surface area (Å²) in [5, 5.41) is 10.6. The normalized spacial score (nSPS) is 14.4. The molecule has 2 atom stereocenters. The average Bonchev–Trinajstić information content (AvgIpc) is 2.37. The first-order valence-corrected chi connectivity index (χ1v) is 7.85. The summed E-state index contributed by atoms with van der Waals surface area (Å²) in [6, 6.07) is 7.13. The topological polar surface area (TPSA) is 49.8 Å². The maximum atomic E-state index is 12.2. The van der Waals surface area contributed by atoms with Gasteiger partial charge in [0, 0.05) is 11.5 Å². The molecule has 2 unspecified atom stereocenters. The summed E-state index contributed by atoms with van der Waals surface area (Å²) in [6.07, 6.45) is -0.582. The van der Waals surface area contributed by atoms with Crippen molar-refractivity contribution in [2.45, 2.75) is 51.9 Å². The van der Waals surface area contributed by atoms with E-state index in [1.807, 2.05) is 52.0 Å². The van der Waals surface area contributed by atoms with Crippen molar-refractivity contribution < 1.29 is 14.6 Å². The lowest BCUT2D eigenvalue weighted by Crippen LogP contribution is -2.43.